The molecule has 0 amide bonds. The molecule has 0 aromatic heterocycles. The van der Waals surface area contributed by atoms with Crippen LogP contribution in [0.2, 0.25) is 0 Å². The van der Waals surface area contributed by atoms with E-state index in [1.807, 2.05) is 7.05 Å². The lowest BCUT2D eigenvalue weighted by Crippen LogP contribution is -2.50. The molecule has 0 aromatic rings. The fourth-order valence-electron chi connectivity index (χ4n) is 4.21. The zero-order chi connectivity index (χ0) is 17.0. The van der Waals surface area contributed by atoms with Crippen LogP contribution in [-0.4, -0.2) is 88.0 Å². The minimum absolute atomic E-state index is 0. The number of likely N-dealkylation sites (tertiary alicyclic amines) is 1. The number of rotatable bonds is 4. The first-order chi connectivity index (χ1) is 11.6. The Morgan fingerprint density at radius 3 is 2.80 bits per heavy atom. The maximum absolute atomic E-state index is 5.94. The van der Waals surface area contributed by atoms with Crippen LogP contribution in [0.5, 0.6) is 0 Å². The highest BCUT2D eigenvalue weighted by atomic mass is 127. The van der Waals surface area contributed by atoms with Crippen molar-refractivity contribution in [3.8, 4) is 0 Å². The molecular weight excluding hydrogens is 431 g/mol. The summed E-state index contributed by atoms with van der Waals surface area (Å²) >= 11 is 0. The number of ether oxygens (including phenoxy) is 2. The highest BCUT2D eigenvalue weighted by Gasteiger charge is 2.42. The van der Waals surface area contributed by atoms with Crippen LogP contribution in [0.1, 0.15) is 26.7 Å². The molecule has 1 N–H and O–H groups in total. The summed E-state index contributed by atoms with van der Waals surface area (Å²) in [6.07, 6.45) is 2.66. The summed E-state index contributed by atoms with van der Waals surface area (Å²) in [5.74, 6) is 1.72. The van der Waals surface area contributed by atoms with Crippen molar-refractivity contribution < 1.29 is 9.47 Å². The molecule has 2 unspecified atom stereocenters. The number of halogens is 1. The number of aliphatic imine (C=N–C) groups is 1. The summed E-state index contributed by atoms with van der Waals surface area (Å²) in [5.41, 5.74) is 0.368. The summed E-state index contributed by atoms with van der Waals surface area (Å²) in [6, 6.07) is 0. The Hall–Kier alpha value is -0.120. The smallest absolute Gasteiger partial charge is 0.193 e. The molecule has 3 aliphatic rings. The van der Waals surface area contributed by atoms with Gasteiger partial charge in [-0.05, 0) is 18.8 Å². The van der Waals surface area contributed by atoms with Crippen LogP contribution in [0.3, 0.4) is 0 Å². The van der Waals surface area contributed by atoms with E-state index in [2.05, 4.69) is 34.0 Å². The maximum atomic E-state index is 5.94. The molecule has 1 spiro atoms. The number of nitrogens with one attached hydrogen (secondary N) is 1. The first-order valence-electron chi connectivity index (χ1n) is 9.47. The molecular formula is C18H35IN4O2. The summed E-state index contributed by atoms with van der Waals surface area (Å²) < 4.78 is 11.6. The summed E-state index contributed by atoms with van der Waals surface area (Å²) in [6.45, 7) is 13.4. The molecule has 0 aromatic carbocycles. The molecule has 3 fully saturated rings. The SMILES string of the molecule is CN=C(NCC1CN(CC(C)C)CCO1)N1CCC2(CCOC2)C1.I. The number of hydrogen-bond donors (Lipinski definition) is 1. The zero-order valence-electron chi connectivity index (χ0n) is 16.0. The molecule has 6 nitrogen and oxygen atoms in total. The Morgan fingerprint density at radius 1 is 1.28 bits per heavy atom. The maximum Gasteiger partial charge on any atom is 0.193 e. The fourth-order valence-corrected chi connectivity index (χ4v) is 4.21. The predicted molar refractivity (Wildman–Crippen MR) is 112 cm³/mol. The van der Waals surface area contributed by atoms with Crippen molar-refractivity contribution in [3.05, 3.63) is 0 Å². The largest absolute Gasteiger partial charge is 0.381 e. The van der Waals surface area contributed by atoms with Crippen molar-refractivity contribution in [2.45, 2.75) is 32.8 Å². The van der Waals surface area contributed by atoms with E-state index in [1.54, 1.807) is 0 Å². The van der Waals surface area contributed by atoms with Gasteiger partial charge in [-0.2, -0.15) is 0 Å². The van der Waals surface area contributed by atoms with Gasteiger partial charge in [0.05, 0.1) is 19.3 Å². The van der Waals surface area contributed by atoms with Crippen molar-refractivity contribution in [2.75, 3.05) is 66.1 Å². The van der Waals surface area contributed by atoms with Gasteiger partial charge in [0.25, 0.3) is 0 Å². The summed E-state index contributed by atoms with van der Waals surface area (Å²) in [5, 5.41) is 3.54. The normalized spacial score (nSPS) is 31.0. The van der Waals surface area contributed by atoms with E-state index in [-0.39, 0.29) is 30.1 Å². The number of hydrogen-bond acceptors (Lipinski definition) is 4. The molecule has 146 valence electrons. The third kappa shape index (κ3) is 5.68. The van der Waals surface area contributed by atoms with Gasteiger partial charge in [0.2, 0.25) is 0 Å². The van der Waals surface area contributed by atoms with Crippen molar-refractivity contribution >= 4 is 29.9 Å². The highest BCUT2D eigenvalue weighted by molar-refractivity contribution is 14.0. The first-order valence-corrected chi connectivity index (χ1v) is 9.47. The zero-order valence-corrected chi connectivity index (χ0v) is 18.3. The van der Waals surface area contributed by atoms with E-state index in [9.17, 15) is 0 Å². The lowest BCUT2D eigenvalue weighted by atomic mass is 9.87. The Kier molecular flexibility index (Phi) is 8.23. The van der Waals surface area contributed by atoms with Gasteiger partial charge in [-0.15, -0.1) is 24.0 Å². The van der Waals surface area contributed by atoms with Crippen molar-refractivity contribution in [3.63, 3.8) is 0 Å². The molecule has 7 heteroatoms. The predicted octanol–water partition coefficient (Wildman–Crippen LogP) is 1.65. The molecule has 3 rings (SSSR count). The summed E-state index contributed by atoms with van der Waals surface area (Å²) in [7, 11) is 1.88. The molecule has 3 saturated heterocycles. The van der Waals surface area contributed by atoms with Crippen LogP contribution >= 0.6 is 24.0 Å². The molecule has 0 aliphatic carbocycles. The highest BCUT2D eigenvalue weighted by Crippen LogP contribution is 2.38. The lowest BCUT2D eigenvalue weighted by Gasteiger charge is -2.34. The van der Waals surface area contributed by atoms with Crippen LogP contribution in [0, 0.1) is 11.3 Å². The molecule has 3 heterocycles. The molecule has 25 heavy (non-hydrogen) atoms. The molecule has 3 aliphatic heterocycles. The van der Waals surface area contributed by atoms with Crippen LogP contribution in [0.4, 0.5) is 0 Å². The molecule has 2 atom stereocenters. The Balaban J connectivity index is 0.00000225. The number of guanidine groups is 1. The second kappa shape index (κ2) is 9.71. The topological polar surface area (TPSA) is 49.3 Å². The Bertz CT molecular complexity index is 441. The van der Waals surface area contributed by atoms with E-state index < -0.39 is 0 Å². The third-order valence-electron chi connectivity index (χ3n) is 5.47. The van der Waals surface area contributed by atoms with E-state index >= 15 is 0 Å². The second-order valence-electron chi connectivity index (χ2n) is 8.05. The number of morpholine rings is 1. The monoisotopic (exact) mass is 466 g/mol. The Labute approximate surface area is 169 Å². The van der Waals surface area contributed by atoms with Crippen LogP contribution < -0.4 is 5.32 Å². The first kappa shape index (κ1) is 21.2. The van der Waals surface area contributed by atoms with E-state index in [1.165, 1.54) is 12.8 Å². The van der Waals surface area contributed by atoms with Crippen molar-refractivity contribution in [1.82, 2.24) is 15.1 Å². The van der Waals surface area contributed by atoms with Gasteiger partial charge < -0.3 is 19.7 Å². The molecule has 0 saturated carbocycles. The minimum Gasteiger partial charge on any atom is -0.381 e. The average molecular weight is 466 g/mol. The molecule has 0 radical (unpaired) electrons. The quantitative estimate of drug-likeness (QED) is 0.388. The fraction of sp³-hybridized carbons (Fsp3) is 0.944. The van der Waals surface area contributed by atoms with Crippen molar-refractivity contribution in [1.29, 1.82) is 0 Å². The van der Waals surface area contributed by atoms with E-state index in [4.69, 9.17) is 9.47 Å². The Morgan fingerprint density at radius 2 is 2.12 bits per heavy atom. The van der Waals surface area contributed by atoms with Gasteiger partial charge in [0.15, 0.2) is 5.96 Å². The molecule has 0 bridgehead atoms. The van der Waals surface area contributed by atoms with E-state index in [0.717, 1.165) is 65.0 Å². The van der Waals surface area contributed by atoms with Gasteiger partial charge in [-0.3, -0.25) is 9.89 Å². The average Bonchev–Trinajstić information content (AvgIpc) is 3.18. The van der Waals surface area contributed by atoms with Gasteiger partial charge in [-0.1, -0.05) is 13.8 Å². The minimum atomic E-state index is 0. The van der Waals surface area contributed by atoms with Gasteiger partial charge in [0, 0.05) is 58.3 Å². The lowest BCUT2D eigenvalue weighted by molar-refractivity contribution is -0.0286. The van der Waals surface area contributed by atoms with Crippen LogP contribution in [-0.2, 0) is 9.47 Å². The van der Waals surface area contributed by atoms with Crippen LogP contribution in [0.15, 0.2) is 4.99 Å². The second-order valence-corrected chi connectivity index (χ2v) is 8.05. The number of nitrogens with zero attached hydrogens (tertiary/aromatic N) is 3. The van der Waals surface area contributed by atoms with Gasteiger partial charge >= 0.3 is 0 Å². The van der Waals surface area contributed by atoms with Crippen LogP contribution in [0.25, 0.3) is 0 Å². The third-order valence-corrected chi connectivity index (χ3v) is 5.47. The van der Waals surface area contributed by atoms with E-state index in [0.29, 0.717) is 11.3 Å². The van der Waals surface area contributed by atoms with Crippen molar-refractivity contribution in [2.24, 2.45) is 16.3 Å². The standard InChI is InChI=1S/C18H34N4O2.HI/c1-15(2)11-21-7-9-24-16(12-21)10-20-17(19-3)22-6-4-18(13-22)5-8-23-14-18;/h15-16H,4-14H2,1-3H3,(H,19,20);1H. The van der Waals surface area contributed by atoms with Gasteiger partial charge in [0.1, 0.15) is 0 Å². The van der Waals surface area contributed by atoms with Gasteiger partial charge in [-0.25, -0.2) is 0 Å². The summed E-state index contributed by atoms with van der Waals surface area (Å²) in [4.78, 5) is 9.41.